The summed E-state index contributed by atoms with van der Waals surface area (Å²) in [5, 5.41) is 0. The third-order valence-corrected chi connectivity index (χ3v) is 6.72. The summed E-state index contributed by atoms with van der Waals surface area (Å²) in [5.41, 5.74) is 2.68. The molecule has 1 unspecified atom stereocenters. The highest BCUT2D eigenvalue weighted by Crippen LogP contribution is 2.27. The van der Waals surface area contributed by atoms with E-state index >= 15 is 0 Å². The van der Waals surface area contributed by atoms with Crippen LogP contribution in [0.1, 0.15) is 26.3 Å². The zero-order valence-electron chi connectivity index (χ0n) is 19.6. The molecule has 2 heterocycles. The van der Waals surface area contributed by atoms with Gasteiger partial charge in [0, 0.05) is 38.3 Å². The Kier molecular flexibility index (Phi) is 6.23. The Balaban J connectivity index is 1.36. The molecule has 7 heteroatoms. The van der Waals surface area contributed by atoms with Gasteiger partial charge in [0.15, 0.2) is 0 Å². The first kappa shape index (κ1) is 22.7. The predicted octanol–water partition coefficient (Wildman–Crippen LogP) is 3.25. The largest absolute Gasteiger partial charge is 0.497 e. The Labute approximate surface area is 204 Å². The lowest BCUT2D eigenvalue weighted by Gasteiger charge is -2.38. The number of ether oxygens (including phenoxy) is 1. The van der Waals surface area contributed by atoms with Gasteiger partial charge in [-0.15, -0.1) is 0 Å². The lowest BCUT2D eigenvalue weighted by Crippen LogP contribution is -2.56. The van der Waals surface area contributed by atoms with Crippen LogP contribution in [0, 0.1) is 0 Å². The molecular weight excluding hydrogens is 442 g/mol. The normalized spacial score (nSPS) is 16.3. The summed E-state index contributed by atoms with van der Waals surface area (Å²) < 4.78 is 5.24. The van der Waals surface area contributed by atoms with Crippen LogP contribution in [-0.4, -0.2) is 66.9 Å². The molecule has 0 N–H and O–H groups in total. The molecule has 2 aliphatic heterocycles. The molecule has 0 spiro atoms. The molecule has 1 fully saturated rings. The first-order valence-electron chi connectivity index (χ1n) is 11.8. The summed E-state index contributed by atoms with van der Waals surface area (Å²) in [4.78, 5) is 45.4. The predicted molar refractivity (Wildman–Crippen MR) is 133 cm³/mol. The van der Waals surface area contributed by atoms with Gasteiger partial charge in [0.1, 0.15) is 11.8 Å². The van der Waals surface area contributed by atoms with Gasteiger partial charge in [-0.25, -0.2) is 0 Å². The number of hydrogen-bond acceptors (Lipinski definition) is 5. The maximum atomic E-state index is 13.8. The van der Waals surface area contributed by atoms with Crippen LogP contribution in [0.5, 0.6) is 5.75 Å². The molecule has 2 aliphatic rings. The van der Waals surface area contributed by atoms with E-state index in [2.05, 4.69) is 4.90 Å². The Hall–Kier alpha value is -4.13. The van der Waals surface area contributed by atoms with E-state index in [1.807, 2.05) is 54.6 Å². The van der Waals surface area contributed by atoms with Gasteiger partial charge in [-0.3, -0.25) is 19.3 Å². The molecule has 1 saturated heterocycles. The van der Waals surface area contributed by atoms with Crippen molar-refractivity contribution >= 4 is 23.4 Å². The highest BCUT2D eigenvalue weighted by Gasteiger charge is 2.44. The van der Waals surface area contributed by atoms with Gasteiger partial charge in [0.05, 0.1) is 18.2 Å². The number of carbonyl (C=O) groups is 3. The fourth-order valence-corrected chi connectivity index (χ4v) is 4.81. The van der Waals surface area contributed by atoms with E-state index in [0.717, 1.165) is 21.9 Å². The Morgan fingerprint density at radius 2 is 1.37 bits per heavy atom. The molecule has 7 nitrogen and oxygen atoms in total. The van der Waals surface area contributed by atoms with Crippen molar-refractivity contribution in [1.29, 1.82) is 0 Å². The highest BCUT2D eigenvalue weighted by atomic mass is 16.5. The van der Waals surface area contributed by atoms with E-state index in [1.54, 1.807) is 36.3 Å². The minimum Gasteiger partial charge on any atom is -0.497 e. The van der Waals surface area contributed by atoms with Gasteiger partial charge in [0.2, 0.25) is 5.91 Å². The SMILES string of the molecule is COc1ccc(N2CCN(C(=O)C(Cc3ccccc3)N3C(=O)c4ccccc4C3=O)CC2)cc1. The maximum Gasteiger partial charge on any atom is 0.262 e. The lowest BCUT2D eigenvalue weighted by molar-refractivity contribution is -0.135. The smallest absolute Gasteiger partial charge is 0.262 e. The first-order chi connectivity index (χ1) is 17.1. The quantitative estimate of drug-likeness (QED) is 0.519. The van der Waals surface area contributed by atoms with Gasteiger partial charge in [-0.2, -0.15) is 0 Å². The molecule has 3 aromatic carbocycles. The lowest BCUT2D eigenvalue weighted by atomic mass is 10.0. The second-order valence-corrected chi connectivity index (χ2v) is 8.74. The molecule has 35 heavy (non-hydrogen) atoms. The van der Waals surface area contributed by atoms with Crippen LogP contribution in [0.25, 0.3) is 0 Å². The number of hydrogen-bond donors (Lipinski definition) is 0. The van der Waals surface area contributed by atoms with Gasteiger partial charge in [-0.05, 0) is 42.0 Å². The molecule has 0 radical (unpaired) electrons. The summed E-state index contributed by atoms with van der Waals surface area (Å²) >= 11 is 0. The highest BCUT2D eigenvalue weighted by molar-refractivity contribution is 6.22. The van der Waals surface area contributed by atoms with Gasteiger partial charge in [0.25, 0.3) is 11.8 Å². The minimum atomic E-state index is -0.891. The summed E-state index contributed by atoms with van der Waals surface area (Å²) in [6, 6.07) is 23.3. The zero-order valence-corrected chi connectivity index (χ0v) is 19.6. The number of nitrogens with zero attached hydrogens (tertiary/aromatic N) is 3. The minimum absolute atomic E-state index is 0.197. The second-order valence-electron chi connectivity index (χ2n) is 8.74. The third-order valence-electron chi connectivity index (χ3n) is 6.72. The van der Waals surface area contributed by atoms with E-state index in [9.17, 15) is 14.4 Å². The van der Waals surface area contributed by atoms with Crippen molar-refractivity contribution in [3.05, 3.63) is 95.6 Å². The van der Waals surface area contributed by atoms with Gasteiger partial charge in [-0.1, -0.05) is 42.5 Å². The zero-order chi connectivity index (χ0) is 24.4. The van der Waals surface area contributed by atoms with E-state index < -0.39 is 17.9 Å². The number of rotatable bonds is 6. The maximum absolute atomic E-state index is 13.8. The van der Waals surface area contributed by atoms with Crippen molar-refractivity contribution < 1.29 is 19.1 Å². The van der Waals surface area contributed by atoms with Crippen molar-refractivity contribution in [3.63, 3.8) is 0 Å². The summed E-state index contributed by atoms with van der Waals surface area (Å²) in [7, 11) is 1.64. The van der Waals surface area contributed by atoms with Crippen LogP contribution in [-0.2, 0) is 11.2 Å². The molecule has 3 aromatic rings. The Morgan fingerprint density at radius 1 is 0.800 bits per heavy atom. The molecule has 0 aliphatic carbocycles. The van der Waals surface area contributed by atoms with Crippen LogP contribution >= 0.6 is 0 Å². The first-order valence-corrected chi connectivity index (χ1v) is 11.8. The molecule has 0 bridgehead atoms. The van der Waals surface area contributed by atoms with Crippen molar-refractivity contribution in [2.24, 2.45) is 0 Å². The Morgan fingerprint density at radius 3 is 1.94 bits per heavy atom. The number of carbonyl (C=O) groups excluding carboxylic acids is 3. The summed E-state index contributed by atoms with van der Waals surface area (Å²) in [6.45, 7) is 2.36. The average Bonchev–Trinajstić information content (AvgIpc) is 3.17. The third kappa shape index (κ3) is 4.37. The molecule has 5 rings (SSSR count). The van der Waals surface area contributed by atoms with Crippen molar-refractivity contribution in [3.8, 4) is 5.75 Å². The van der Waals surface area contributed by atoms with Crippen LogP contribution in [0.4, 0.5) is 5.69 Å². The van der Waals surface area contributed by atoms with Crippen molar-refractivity contribution in [1.82, 2.24) is 9.80 Å². The van der Waals surface area contributed by atoms with Crippen LogP contribution in [0.15, 0.2) is 78.9 Å². The number of anilines is 1. The number of amides is 3. The summed E-state index contributed by atoms with van der Waals surface area (Å²) in [5.74, 6) is -0.210. The fourth-order valence-electron chi connectivity index (χ4n) is 4.81. The van der Waals surface area contributed by atoms with Crippen molar-refractivity contribution in [2.45, 2.75) is 12.5 Å². The Bertz CT molecular complexity index is 1200. The van der Waals surface area contributed by atoms with E-state index in [0.29, 0.717) is 37.3 Å². The van der Waals surface area contributed by atoms with Gasteiger partial charge >= 0.3 is 0 Å². The number of piperazine rings is 1. The van der Waals surface area contributed by atoms with Crippen LogP contribution < -0.4 is 9.64 Å². The molecule has 178 valence electrons. The second kappa shape index (κ2) is 9.62. The summed E-state index contributed by atoms with van der Waals surface area (Å²) in [6.07, 6.45) is 0.282. The number of imide groups is 1. The monoisotopic (exact) mass is 469 g/mol. The number of fused-ring (bicyclic) bond motifs is 1. The van der Waals surface area contributed by atoms with Crippen molar-refractivity contribution in [2.75, 3.05) is 38.2 Å². The number of methoxy groups -OCH3 is 1. The van der Waals surface area contributed by atoms with Crippen LogP contribution in [0.3, 0.4) is 0 Å². The van der Waals surface area contributed by atoms with Crippen LogP contribution in [0.2, 0.25) is 0 Å². The molecular formula is C28H27N3O4. The number of benzene rings is 3. The standard InChI is InChI=1S/C28H27N3O4/c1-35-22-13-11-21(12-14-22)29-15-17-30(18-16-29)28(34)25(19-20-7-3-2-4-8-20)31-26(32)23-9-5-6-10-24(23)27(31)33/h2-14,25H,15-19H2,1H3. The molecule has 3 amide bonds. The van der Waals surface area contributed by atoms with E-state index in [4.69, 9.17) is 4.74 Å². The van der Waals surface area contributed by atoms with Gasteiger partial charge < -0.3 is 14.5 Å². The molecule has 0 aromatic heterocycles. The fraction of sp³-hybridized carbons (Fsp3) is 0.250. The van der Waals surface area contributed by atoms with E-state index in [-0.39, 0.29) is 12.3 Å². The topological polar surface area (TPSA) is 70.2 Å². The molecule has 0 saturated carbocycles. The molecule has 1 atom stereocenters. The van der Waals surface area contributed by atoms with E-state index in [1.165, 1.54) is 0 Å². The average molecular weight is 470 g/mol.